The Morgan fingerprint density at radius 3 is 2.26 bits per heavy atom. The average Bonchev–Trinajstić information content (AvgIpc) is 2.55. The molecule has 0 fully saturated rings. The Morgan fingerprint density at radius 1 is 1.09 bits per heavy atom. The normalized spacial score (nSPS) is 11.1. The van der Waals surface area contributed by atoms with Gasteiger partial charge in [0, 0.05) is 30.1 Å². The van der Waals surface area contributed by atoms with Crippen LogP contribution in [0.1, 0.15) is 50.7 Å². The molecular weight excluding hydrogens is 292 g/mol. The number of aryl methyl sites for hydroxylation is 2. The Hall–Kier alpha value is -2.17. The molecule has 0 aliphatic carbocycles. The number of unbranched alkanes of at least 4 members (excludes halogenated alkanes) is 2. The highest BCUT2D eigenvalue weighted by molar-refractivity contribution is 5.86. The van der Waals surface area contributed by atoms with Crippen LogP contribution in [0.25, 0.3) is 10.9 Å². The van der Waals surface area contributed by atoms with E-state index in [2.05, 4.69) is 13.8 Å². The molecule has 23 heavy (non-hydrogen) atoms. The first kappa shape index (κ1) is 17.2. The van der Waals surface area contributed by atoms with Gasteiger partial charge in [0.2, 0.25) is 0 Å². The van der Waals surface area contributed by atoms with Gasteiger partial charge in [-0.1, -0.05) is 26.7 Å². The summed E-state index contributed by atoms with van der Waals surface area (Å²) in [6.45, 7) is 4.21. The zero-order valence-corrected chi connectivity index (χ0v) is 14.1. The summed E-state index contributed by atoms with van der Waals surface area (Å²) < 4.78 is 1.62. The first-order valence-corrected chi connectivity index (χ1v) is 8.30. The smallest absolute Gasteiger partial charge is 0.270 e. The van der Waals surface area contributed by atoms with Crippen molar-refractivity contribution in [2.75, 3.05) is 0 Å². The number of benzene rings is 1. The molecule has 0 unspecified atom stereocenters. The van der Waals surface area contributed by atoms with Gasteiger partial charge >= 0.3 is 0 Å². The van der Waals surface area contributed by atoms with Crippen molar-refractivity contribution >= 4 is 16.6 Å². The lowest BCUT2D eigenvalue weighted by atomic mass is 9.94. The van der Waals surface area contributed by atoms with E-state index in [0.717, 1.165) is 60.6 Å². The fourth-order valence-corrected chi connectivity index (χ4v) is 3.03. The predicted octanol–water partition coefficient (Wildman–Crippen LogP) is 4.13. The lowest BCUT2D eigenvalue weighted by Gasteiger charge is -2.15. The van der Waals surface area contributed by atoms with Gasteiger partial charge < -0.3 is 4.57 Å². The highest BCUT2D eigenvalue weighted by Gasteiger charge is 2.17. The van der Waals surface area contributed by atoms with Crippen LogP contribution in [0.2, 0.25) is 0 Å². The van der Waals surface area contributed by atoms with Gasteiger partial charge in [-0.2, -0.15) is 0 Å². The highest BCUT2D eigenvalue weighted by atomic mass is 16.6. The molecule has 0 radical (unpaired) electrons. The van der Waals surface area contributed by atoms with Crippen molar-refractivity contribution in [1.82, 2.24) is 4.57 Å². The summed E-state index contributed by atoms with van der Waals surface area (Å²) >= 11 is 0. The summed E-state index contributed by atoms with van der Waals surface area (Å²) in [6, 6.07) is 4.78. The van der Waals surface area contributed by atoms with E-state index in [1.807, 2.05) is 0 Å². The number of fused-ring (bicyclic) bond motifs is 1. The molecule has 0 saturated carbocycles. The van der Waals surface area contributed by atoms with E-state index in [0.29, 0.717) is 0 Å². The van der Waals surface area contributed by atoms with Gasteiger partial charge in [0.25, 0.3) is 11.2 Å². The zero-order valence-electron chi connectivity index (χ0n) is 14.1. The van der Waals surface area contributed by atoms with Crippen molar-refractivity contribution < 1.29 is 4.92 Å². The van der Waals surface area contributed by atoms with Crippen LogP contribution in [-0.2, 0) is 19.9 Å². The molecule has 0 atom stereocenters. The molecule has 1 heterocycles. The fourth-order valence-electron chi connectivity index (χ4n) is 3.03. The van der Waals surface area contributed by atoms with Gasteiger partial charge in [0.15, 0.2) is 0 Å². The molecule has 5 heteroatoms. The minimum Gasteiger partial charge on any atom is -0.311 e. The number of rotatable bonds is 7. The minimum atomic E-state index is -0.375. The van der Waals surface area contributed by atoms with Crippen molar-refractivity contribution in [3.05, 3.63) is 49.8 Å². The van der Waals surface area contributed by atoms with Crippen molar-refractivity contribution in [2.45, 2.75) is 52.4 Å². The second-order valence-electron chi connectivity index (χ2n) is 5.99. The van der Waals surface area contributed by atoms with E-state index in [-0.39, 0.29) is 16.2 Å². The molecule has 0 spiro atoms. The molecule has 1 aromatic carbocycles. The van der Waals surface area contributed by atoms with Crippen LogP contribution in [-0.4, -0.2) is 9.49 Å². The van der Waals surface area contributed by atoms with E-state index < -0.39 is 0 Å². The van der Waals surface area contributed by atoms with E-state index >= 15 is 0 Å². The maximum absolute atomic E-state index is 12.7. The lowest BCUT2D eigenvalue weighted by molar-refractivity contribution is -0.384. The topological polar surface area (TPSA) is 65.1 Å². The molecule has 0 aliphatic rings. The van der Waals surface area contributed by atoms with Crippen LogP contribution >= 0.6 is 0 Å². The van der Waals surface area contributed by atoms with Crippen molar-refractivity contribution in [3.63, 3.8) is 0 Å². The SMILES string of the molecule is CCCCc1c(CCCC)c2cc([N+](=O)[O-])ccc2n(C)c1=O. The monoisotopic (exact) mass is 316 g/mol. The first-order chi connectivity index (χ1) is 11.0. The fraction of sp³-hybridized carbons (Fsp3) is 0.500. The van der Waals surface area contributed by atoms with Crippen LogP contribution < -0.4 is 5.56 Å². The standard InChI is InChI=1S/C18H24N2O3/c1-4-6-8-14-15(9-7-5-2)18(21)19(3)17-11-10-13(20(22)23)12-16(14)17/h10-12H,4-9H2,1-3H3. The van der Waals surface area contributed by atoms with Gasteiger partial charge in [-0.3, -0.25) is 14.9 Å². The van der Waals surface area contributed by atoms with E-state index in [9.17, 15) is 14.9 Å². The average molecular weight is 316 g/mol. The van der Waals surface area contributed by atoms with Crippen LogP contribution in [0.4, 0.5) is 5.69 Å². The van der Waals surface area contributed by atoms with E-state index in [4.69, 9.17) is 0 Å². The summed E-state index contributed by atoms with van der Waals surface area (Å²) in [5.74, 6) is 0. The Morgan fingerprint density at radius 2 is 1.70 bits per heavy atom. The summed E-state index contributed by atoms with van der Waals surface area (Å²) in [6.07, 6.45) is 5.51. The summed E-state index contributed by atoms with van der Waals surface area (Å²) in [4.78, 5) is 23.5. The third-order valence-corrected chi connectivity index (χ3v) is 4.37. The Bertz CT molecular complexity index is 778. The molecule has 0 amide bonds. The molecule has 0 bridgehead atoms. The van der Waals surface area contributed by atoms with Gasteiger partial charge in [-0.05, 0) is 37.3 Å². The third kappa shape index (κ3) is 3.44. The summed E-state index contributed by atoms with van der Waals surface area (Å²) in [7, 11) is 1.75. The molecular formula is C18H24N2O3. The number of nitro benzene ring substituents is 1. The predicted molar refractivity (Wildman–Crippen MR) is 93.1 cm³/mol. The minimum absolute atomic E-state index is 0.0332. The molecule has 1 aromatic heterocycles. The Labute approximate surface area is 136 Å². The van der Waals surface area contributed by atoms with Gasteiger partial charge in [0.05, 0.1) is 10.4 Å². The van der Waals surface area contributed by atoms with E-state index in [1.165, 1.54) is 6.07 Å². The van der Waals surface area contributed by atoms with Gasteiger partial charge in [0.1, 0.15) is 0 Å². The number of pyridine rings is 1. The highest BCUT2D eigenvalue weighted by Crippen LogP contribution is 2.26. The quantitative estimate of drug-likeness (QED) is 0.570. The maximum atomic E-state index is 12.7. The molecule has 5 nitrogen and oxygen atoms in total. The molecule has 124 valence electrons. The summed E-state index contributed by atoms with van der Waals surface area (Å²) in [5.41, 5.74) is 2.71. The van der Waals surface area contributed by atoms with Gasteiger partial charge in [-0.15, -0.1) is 0 Å². The zero-order chi connectivity index (χ0) is 17.0. The Balaban J connectivity index is 2.76. The van der Waals surface area contributed by atoms with Crippen LogP contribution in [0, 0.1) is 10.1 Å². The number of hydrogen-bond acceptors (Lipinski definition) is 3. The van der Waals surface area contributed by atoms with Crippen molar-refractivity contribution in [1.29, 1.82) is 0 Å². The third-order valence-electron chi connectivity index (χ3n) is 4.37. The molecule has 2 aromatic rings. The number of hydrogen-bond donors (Lipinski definition) is 0. The van der Waals surface area contributed by atoms with Crippen molar-refractivity contribution in [3.8, 4) is 0 Å². The van der Waals surface area contributed by atoms with Crippen molar-refractivity contribution in [2.24, 2.45) is 7.05 Å². The second kappa shape index (κ2) is 7.40. The number of aromatic nitrogens is 1. The lowest BCUT2D eigenvalue weighted by Crippen LogP contribution is -2.24. The number of nitro groups is 1. The van der Waals surface area contributed by atoms with Crippen LogP contribution in [0.5, 0.6) is 0 Å². The number of non-ortho nitro benzene ring substituents is 1. The van der Waals surface area contributed by atoms with Crippen LogP contribution in [0.15, 0.2) is 23.0 Å². The first-order valence-electron chi connectivity index (χ1n) is 8.30. The second-order valence-corrected chi connectivity index (χ2v) is 5.99. The van der Waals surface area contributed by atoms with E-state index in [1.54, 1.807) is 23.7 Å². The maximum Gasteiger partial charge on any atom is 0.270 e. The van der Waals surface area contributed by atoms with Gasteiger partial charge in [-0.25, -0.2) is 0 Å². The Kier molecular flexibility index (Phi) is 5.53. The summed E-state index contributed by atoms with van der Waals surface area (Å²) in [5, 5.41) is 12.0. The largest absolute Gasteiger partial charge is 0.311 e. The molecule has 0 aliphatic heterocycles. The molecule has 2 rings (SSSR count). The number of nitrogens with zero attached hydrogens (tertiary/aromatic N) is 2. The van der Waals surface area contributed by atoms with Crippen LogP contribution in [0.3, 0.4) is 0 Å². The molecule has 0 N–H and O–H groups in total. The molecule has 0 saturated heterocycles.